The van der Waals surface area contributed by atoms with Crippen molar-refractivity contribution in [3.05, 3.63) is 40.9 Å². The molecule has 0 aliphatic heterocycles. The van der Waals surface area contributed by atoms with Gasteiger partial charge in [0.05, 0.1) is 17.4 Å². The van der Waals surface area contributed by atoms with Crippen molar-refractivity contribution in [3.63, 3.8) is 0 Å². The van der Waals surface area contributed by atoms with Crippen molar-refractivity contribution in [2.75, 3.05) is 0 Å². The molecule has 17 heavy (non-hydrogen) atoms. The number of hydrogen-bond acceptors (Lipinski definition) is 3. The summed E-state index contributed by atoms with van der Waals surface area (Å²) >= 11 is 3.51. The first-order valence-corrected chi connectivity index (χ1v) is 5.97. The fraction of sp³-hybridized carbons (Fsp3) is 0.0833. The van der Waals surface area contributed by atoms with Gasteiger partial charge < -0.3 is 0 Å². The second kappa shape index (κ2) is 3.92. The van der Waals surface area contributed by atoms with Gasteiger partial charge in [-0.15, -0.1) is 0 Å². The first-order valence-electron chi connectivity index (χ1n) is 5.18. The molecule has 2 aromatic heterocycles. The van der Waals surface area contributed by atoms with Crippen LogP contribution in [0.4, 0.5) is 0 Å². The van der Waals surface area contributed by atoms with Gasteiger partial charge in [-0.1, -0.05) is 12.1 Å². The normalized spacial score (nSPS) is 10.9. The number of fused-ring (bicyclic) bond motifs is 1. The first kappa shape index (κ1) is 10.4. The van der Waals surface area contributed by atoms with Gasteiger partial charge in [0.1, 0.15) is 5.82 Å². The van der Waals surface area contributed by atoms with E-state index in [1.54, 1.807) is 6.20 Å². The largest absolute Gasteiger partial charge is 0.285 e. The number of para-hydroxylation sites is 1. The molecule has 0 aliphatic rings. The molecule has 84 valence electrons. The summed E-state index contributed by atoms with van der Waals surface area (Å²) in [5.41, 5.74) is 2.80. The Kier molecular flexibility index (Phi) is 2.40. The quantitative estimate of drug-likeness (QED) is 0.749. The lowest BCUT2D eigenvalue weighted by Gasteiger charge is -2.06. The SMILES string of the molecule is Cc1nc(-c2cn[nH]c2)c2cccc(Br)c2n1. The maximum atomic E-state index is 4.49. The molecule has 1 N–H and O–H groups in total. The van der Waals surface area contributed by atoms with Crippen molar-refractivity contribution >= 4 is 26.8 Å². The number of halogens is 1. The zero-order valence-corrected chi connectivity index (χ0v) is 10.7. The maximum Gasteiger partial charge on any atom is 0.126 e. The number of aryl methyl sites for hydroxylation is 1. The average Bonchev–Trinajstić information content (AvgIpc) is 2.83. The summed E-state index contributed by atoms with van der Waals surface area (Å²) in [5.74, 6) is 0.751. The number of nitrogens with zero attached hydrogens (tertiary/aromatic N) is 3. The Morgan fingerprint density at radius 1 is 1.24 bits per heavy atom. The van der Waals surface area contributed by atoms with Crippen LogP contribution in [0.5, 0.6) is 0 Å². The van der Waals surface area contributed by atoms with E-state index in [1.807, 2.05) is 31.3 Å². The fourth-order valence-electron chi connectivity index (χ4n) is 1.83. The number of nitrogens with one attached hydrogen (secondary N) is 1. The molecule has 3 rings (SSSR count). The number of aromatic nitrogens is 4. The van der Waals surface area contributed by atoms with E-state index in [2.05, 4.69) is 36.1 Å². The van der Waals surface area contributed by atoms with Crippen molar-refractivity contribution in [1.29, 1.82) is 0 Å². The lowest BCUT2D eigenvalue weighted by molar-refractivity contribution is 1.09. The van der Waals surface area contributed by atoms with Crippen molar-refractivity contribution in [2.45, 2.75) is 6.92 Å². The van der Waals surface area contributed by atoms with E-state index in [9.17, 15) is 0 Å². The molecular weight excluding hydrogens is 280 g/mol. The minimum Gasteiger partial charge on any atom is -0.285 e. The predicted molar refractivity (Wildman–Crippen MR) is 69.6 cm³/mol. The van der Waals surface area contributed by atoms with Crippen molar-refractivity contribution in [2.24, 2.45) is 0 Å². The zero-order valence-electron chi connectivity index (χ0n) is 9.11. The van der Waals surface area contributed by atoms with Gasteiger partial charge in [-0.3, -0.25) is 5.10 Å². The second-order valence-corrected chi connectivity index (χ2v) is 4.60. The smallest absolute Gasteiger partial charge is 0.126 e. The Bertz CT molecular complexity index is 676. The van der Waals surface area contributed by atoms with Gasteiger partial charge in [-0.25, -0.2) is 9.97 Å². The number of hydrogen-bond donors (Lipinski definition) is 1. The topological polar surface area (TPSA) is 54.5 Å². The molecule has 0 bridgehead atoms. The molecule has 0 fully saturated rings. The van der Waals surface area contributed by atoms with Gasteiger partial charge >= 0.3 is 0 Å². The van der Waals surface area contributed by atoms with Gasteiger partial charge in [0.25, 0.3) is 0 Å². The van der Waals surface area contributed by atoms with Crippen LogP contribution in [0.15, 0.2) is 35.1 Å². The zero-order chi connectivity index (χ0) is 11.8. The molecule has 1 aromatic carbocycles. The van der Waals surface area contributed by atoms with Crippen molar-refractivity contribution in [1.82, 2.24) is 20.2 Å². The first-order chi connectivity index (χ1) is 8.25. The van der Waals surface area contributed by atoms with Gasteiger partial charge in [-0.2, -0.15) is 5.10 Å². The van der Waals surface area contributed by atoms with E-state index in [-0.39, 0.29) is 0 Å². The number of benzene rings is 1. The molecule has 2 heterocycles. The molecule has 5 heteroatoms. The Morgan fingerprint density at radius 3 is 2.88 bits per heavy atom. The third-order valence-electron chi connectivity index (χ3n) is 2.56. The summed E-state index contributed by atoms with van der Waals surface area (Å²) in [5, 5.41) is 7.78. The summed E-state index contributed by atoms with van der Waals surface area (Å²) in [7, 11) is 0. The average molecular weight is 289 g/mol. The Morgan fingerprint density at radius 2 is 2.12 bits per heavy atom. The molecule has 0 aliphatic carbocycles. The lowest BCUT2D eigenvalue weighted by atomic mass is 10.1. The monoisotopic (exact) mass is 288 g/mol. The van der Waals surface area contributed by atoms with Crippen LogP contribution < -0.4 is 0 Å². The van der Waals surface area contributed by atoms with Gasteiger partial charge in [0.15, 0.2) is 0 Å². The molecule has 0 spiro atoms. The van der Waals surface area contributed by atoms with Gasteiger partial charge in [0, 0.05) is 21.6 Å². The molecule has 0 atom stereocenters. The van der Waals surface area contributed by atoms with Crippen LogP contribution in [0.1, 0.15) is 5.82 Å². The van der Waals surface area contributed by atoms with E-state index in [4.69, 9.17) is 0 Å². The second-order valence-electron chi connectivity index (χ2n) is 3.74. The van der Waals surface area contributed by atoms with Crippen LogP contribution >= 0.6 is 15.9 Å². The van der Waals surface area contributed by atoms with Crippen molar-refractivity contribution < 1.29 is 0 Å². The highest BCUT2D eigenvalue weighted by molar-refractivity contribution is 9.10. The Balaban J connectivity index is 2.42. The summed E-state index contributed by atoms with van der Waals surface area (Å²) in [4.78, 5) is 8.95. The highest BCUT2D eigenvalue weighted by Crippen LogP contribution is 2.29. The molecule has 3 aromatic rings. The van der Waals surface area contributed by atoms with Crippen LogP contribution in [0.25, 0.3) is 22.2 Å². The minimum absolute atomic E-state index is 0.751. The number of aromatic amines is 1. The molecule has 0 amide bonds. The van der Waals surface area contributed by atoms with Crippen LogP contribution in [0.3, 0.4) is 0 Å². The van der Waals surface area contributed by atoms with Crippen LogP contribution in [0, 0.1) is 6.92 Å². The summed E-state index contributed by atoms with van der Waals surface area (Å²) in [6.45, 7) is 1.89. The Labute approximate surface area is 106 Å². The van der Waals surface area contributed by atoms with E-state index >= 15 is 0 Å². The summed E-state index contributed by atoms with van der Waals surface area (Å²) in [6.07, 6.45) is 3.60. The Hall–Kier alpha value is -1.75. The number of rotatable bonds is 1. The lowest BCUT2D eigenvalue weighted by Crippen LogP contribution is -1.93. The van der Waals surface area contributed by atoms with Crippen LogP contribution in [-0.2, 0) is 0 Å². The molecule has 0 radical (unpaired) electrons. The van der Waals surface area contributed by atoms with E-state index in [1.165, 1.54) is 0 Å². The van der Waals surface area contributed by atoms with E-state index in [0.717, 1.165) is 32.5 Å². The van der Waals surface area contributed by atoms with Gasteiger partial charge in [0.2, 0.25) is 0 Å². The highest BCUT2D eigenvalue weighted by Gasteiger charge is 2.10. The molecule has 0 unspecified atom stereocenters. The maximum absolute atomic E-state index is 4.49. The molecular formula is C12H9BrN4. The predicted octanol–water partition coefficient (Wildman–Crippen LogP) is 3.09. The third kappa shape index (κ3) is 1.72. The number of H-pyrrole nitrogens is 1. The molecule has 0 saturated carbocycles. The van der Waals surface area contributed by atoms with Crippen LogP contribution in [0.2, 0.25) is 0 Å². The minimum atomic E-state index is 0.751. The standard InChI is InChI=1S/C12H9BrN4/c1-7-16-11(8-5-14-15-6-8)9-3-2-4-10(13)12(9)17-7/h2-6H,1H3,(H,14,15). The van der Waals surface area contributed by atoms with Crippen molar-refractivity contribution in [3.8, 4) is 11.3 Å². The van der Waals surface area contributed by atoms with E-state index < -0.39 is 0 Å². The highest BCUT2D eigenvalue weighted by atomic mass is 79.9. The van der Waals surface area contributed by atoms with Crippen LogP contribution in [-0.4, -0.2) is 20.2 Å². The molecule has 4 nitrogen and oxygen atoms in total. The van der Waals surface area contributed by atoms with E-state index in [0.29, 0.717) is 0 Å². The third-order valence-corrected chi connectivity index (χ3v) is 3.20. The molecule has 0 saturated heterocycles. The summed E-state index contributed by atoms with van der Waals surface area (Å²) < 4.78 is 0.977. The summed E-state index contributed by atoms with van der Waals surface area (Å²) in [6, 6.07) is 5.98. The fourth-order valence-corrected chi connectivity index (χ4v) is 2.28. The van der Waals surface area contributed by atoms with Gasteiger partial charge in [-0.05, 0) is 28.9 Å².